The molecule has 96 valence electrons. The van der Waals surface area contributed by atoms with Crippen molar-refractivity contribution in [2.45, 2.75) is 38.3 Å². The fourth-order valence-electron chi connectivity index (χ4n) is 0.884. The van der Waals surface area contributed by atoms with Crippen molar-refractivity contribution < 1.29 is 34.7 Å². The molecule has 0 saturated carbocycles. The average Bonchev–Trinajstić information content (AvgIpc) is 2.19. The molecule has 0 aliphatic heterocycles. The third-order valence-corrected chi connectivity index (χ3v) is 1.65. The molecule has 0 aromatic heterocycles. The summed E-state index contributed by atoms with van der Waals surface area (Å²) in [6.07, 6.45) is -2.71. The van der Waals surface area contributed by atoms with Gasteiger partial charge in [-0.3, -0.25) is 0 Å². The van der Waals surface area contributed by atoms with E-state index in [2.05, 4.69) is 9.47 Å². The van der Waals surface area contributed by atoms with Gasteiger partial charge in [0.1, 0.15) is 0 Å². The summed E-state index contributed by atoms with van der Waals surface area (Å²) in [5.74, 6) is 0. The van der Waals surface area contributed by atoms with E-state index in [1.807, 2.05) is 0 Å². The second kappa shape index (κ2) is 9.34. The molecule has 0 aliphatic carbocycles. The lowest BCUT2D eigenvalue weighted by molar-refractivity contribution is -0.0522. The minimum atomic E-state index is -1.40. The Balaban J connectivity index is 3.25. The quantitative estimate of drug-likeness (QED) is 0.251. The Kier molecular flexibility index (Phi) is 8.82. The van der Waals surface area contributed by atoms with E-state index < -0.39 is 18.7 Å². The Morgan fingerprint density at radius 1 is 0.875 bits per heavy atom. The van der Waals surface area contributed by atoms with Crippen molar-refractivity contribution >= 4 is 6.16 Å². The highest BCUT2D eigenvalue weighted by Crippen LogP contribution is 1.98. The molecule has 0 spiro atoms. The summed E-state index contributed by atoms with van der Waals surface area (Å²) in [5, 5.41) is 33.9. The highest BCUT2D eigenvalue weighted by atomic mass is 16.7. The molecule has 7 nitrogen and oxygen atoms in total. The van der Waals surface area contributed by atoms with Gasteiger partial charge in [-0.15, -0.1) is 0 Å². The molecule has 0 unspecified atom stereocenters. The lowest BCUT2D eigenvalue weighted by Crippen LogP contribution is -2.13. The smallest absolute Gasteiger partial charge is 0.434 e. The van der Waals surface area contributed by atoms with Crippen LogP contribution < -0.4 is 0 Å². The van der Waals surface area contributed by atoms with Crippen LogP contribution in [0.1, 0.15) is 25.7 Å². The number of hydrogen-bond acceptors (Lipinski definition) is 7. The maximum Gasteiger partial charge on any atom is 0.508 e. The predicted molar refractivity (Wildman–Crippen MR) is 52.2 cm³/mol. The van der Waals surface area contributed by atoms with E-state index in [0.717, 1.165) is 0 Å². The van der Waals surface area contributed by atoms with E-state index in [1.54, 1.807) is 0 Å². The number of hydrogen-bond donors (Lipinski definition) is 4. The van der Waals surface area contributed by atoms with E-state index in [-0.39, 0.29) is 26.1 Å². The Hall–Kier alpha value is -0.890. The van der Waals surface area contributed by atoms with E-state index in [1.165, 1.54) is 0 Å². The van der Waals surface area contributed by atoms with Crippen molar-refractivity contribution in [2.75, 3.05) is 13.2 Å². The first-order chi connectivity index (χ1) is 7.52. The van der Waals surface area contributed by atoms with Gasteiger partial charge in [-0.25, -0.2) is 4.79 Å². The third kappa shape index (κ3) is 11.2. The van der Waals surface area contributed by atoms with Crippen LogP contribution in [0.2, 0.25) is 0 Å². The third-order valence-electron chi connectivity index (χ3n) is 1.65. The second-order valence-corrected chi connectivity index (χ2v) is 3.19. The lowest BCUT2D eigenvalue weighted by Gasteiger charge is -2.07. The summed E-state index contributed by atoms with van der Waals surface area (Å²) in [4.78, 5) is 10.8. The predicted octanol–water partition coefficient (Wildman–Crippen LogP) is -0.679. The number of rotatable bonds is 8. The van der Waals surface area contributed by atoms with Crippen LogP contribution >= 0.6 is 0 Å². The fourth-order valence-corrected chi connectivity index (χ4v) is 0.884. The summed E-state index contributed by atoms with van der Waals surface area (Å²) in [7, 11) is 0. The average molecular weight is 238 g/mol. The van der Waals surface area contributed by atoms with Crippen LogP contribution in [-0.2, 0) is 9.47 Å². The Morgan fingerprint density at radius 3 is 1.56 bits per heavy atom. The Morgan fingerprint density at radius 2 is 1.25 bits per heavy atom. The Bertz CT molecular complexity index is 163. The first kappa shape index (κ1) is 15.1. The van der Waals surface area contributed by atoms with Gasteiger partial charge in [-0.05, 0) is 12.8 Å². The van der Waals surface area contributed by atoms with Gasteiger partial charge in [0.05, 0.1) is 13.2 Å². The number of carbonyl (C=O) groups excluding carboxylic acids is 1. The standard InChI is InChI=1S/C9H18O7/c10-7(11)3-1-5-15-9(14)16-6-2-4-8(12)13/h7-8,10-13H,1-6H2. The zero-order valence-corrected chi connectivity index (χ0v) is 8.91. The van der Waals surface area contributed by atoms with Crippen LogP contribution in [0, 0.1) is 0 Å². The summed E-state index contributed by atoms with van der Waals surface area (Å²) in [5.41, 5.74) is 0. The molecule has 4 N–H and O–H groups in total. The number of carbonyl (C=O) groups is 1. The topological polar surface area (TPSA) is 116 Å². The molecule has 0 fully saturated rings. The van der Waals surface area contributed by atoms with Crippen LogP contribution in [0.25, 0.3) is 0 Å². The van der Waals surface area contributed by atoms with Gasteiger partial charge in [0.25, 0.3) is 0 Å². The van der Waals surface area contributed by atoms with Crippen LogP contribution in [0.5, 0.6) is 0 Å². The first-order valence-electron chi connectivity index (χ1n) is 5.04. The highest BCUT2D eigenvalue weighted by Gasteiger charge is 2.05. The molecule has 0 radical (unpaired) electrons. The number of aliphatic hydroxyl groups is 4. The fraction of sp³-hybridized carbons (Fsp3) is 0.889. The van der Waals surface area contributed by atoms with Crippen LogP contribution in [0.15, 0.2) is 0 Å². The monoisotopic (exact) mass is 238 g/mol. The summed E-state index contributed by atoms with van der Waals surface area (Å²) in [6, 6.07) is 0. The molecule has 0 saturated heterocycles. The second-order valence-electron chi connectivity index (χ2n) is 3.19. The zero-order chi connectivity index (χ0) is 12.4. The lowest BCUT2D eigenvalue weighted by atomic mass is 10.3. The molecule has 0 heterocycles. The molecule has 0 atom stereocenters. The molecule has 0 bridgehead atoms. The van der Waals surface area contributed by atoms with Gasteiger partial charge >= 0.3 is 6.16 Å². The van der Waals surface area contributed by atoms with Crippen molar-refractivity contribution in [3.63, 3.8) is 0 Å². The van der Waals surface area contributed by atoms with Gasteiger partial charge in [0, 0.05) is 12.8 Å². The minimum absolute atomic E-state index is 0.0546. The van der Waals surface area contributed by atoms with Crippen molar-refractivity contribution in [3.05, 3.63) is 0 Å². The molecular weight excluding hydrogens is 220 g/mol. The summed E-state index contributed by atoms with van der Waals surface area (Å²) >= 11 is 0. The maximum atomic E-state index is 10.8. The Labute approximate surface area is 93.2 Å². The van der Waals surface area contributed by atoms with E-state index >= 15 is 0 Å². The molecule has 0 aromatic carbocycles. The normalized spacial score (nSPS) is 10.9. The molecular formula is C9H18O7. The molecule has 16 heavy (non-hydrogen) atoms. The highest BCUT2D eigenvalue weighted by molar-refractivity contribution is 5.59. The van der Waals surface area contributed by atoms with Crippen molar-refractivity contribution in [1.29, 1.82) is 0 Å². The SMILES string of the molecule is O=C(OCCCC(O)O)OCCCC(O)O. The van der Waals surface area contributed by atoms with Gasteiger partial charge in [-0.2, -0.15) is 0 Å². The molecule has 7 heteroatoms. The van der Waals surface area contributed by atoms with Crippen LogP contribution in [0.3, 0.4) is 0 Å². The van der Waals surface area contributed by atoms with E-state index in [9.17, 15) is 4.79 Å². The van der Waals surface area contributed by atoms with Gasteiger partial charge in [-0.1, -0.05) is 0 Å². The van der Waals surface area contributed by atoms with E-state index in [4.69, 9.17) is 20.4 Å². The maximum absolute atomic E-state index is 10.8. The molecule has 0 aliphatic rings. The van der Waals surface area contributed by atoms with Crippen molar-refractivity contribution in [1.82, 2.24) is 0 Å². The number of ether oxygens (including phenoxy) is 2. The van der Waals surface area contributed by atoms with Gasteiger partial charge < -0.3 is 29.9 Å². The van der Waals surface area contributed by atoms with Gasteiger partial charge in [0.2, 0.25) is 0 Å². The van der Waals surface area contributed by atoms with Crippen LogP contribution in [-0.4, -0.2) is 52.4 Å². The summed E-state index contributed by atoms with van der Waals surface area (Å²) in [6.45, 7) is 0.109. The van der Waals surface area contributed by atoms with E-state index in [0.29, 0.717) is 12.8 Å². The first-order valence-corrected chi connectivity index (χ1v) is 5.04. The number of aliphatic hydroxyl groups excluding tert-OH is 2. The van der Waals surface area contributed by atoms with Crippen molar-refractivity contribution in [3.8, 4) is 0 Å². The van der Waals surface area contributed by atoms with Crippen molar-refractivity contribution in [2.24, 2.45) is 0 Å². The molecule has 0 aromatic rings. The van der Waals surface area contributed by atoms with Gasteiger partial charge in [0.15, 0.2) is 12.6 Å². The largest absolute Gasteiger partial charge is 0.508 e. The molecule has 0 amide bonds. The zero-order valence-electron chi connectivity index (χ0n) is 8.91. The molecule has 0 rings (SSSR count). The minimum Gasteiger partial charge on any atom is -0.434 e. The van der Waals surface area contributed by atoms with Crippen LogP contribution in [0.4, 0.5) is 4.79 Å². The summed E-state index contributed by atoms with van der Waals surface area (Å²) < 4.78 is 9.18.